The molecule has 0 saturated carbocycles. The van der Waals surface area contributed by atoms with Gasteiger partial charge in [-0.2, -0.15) is 0 Å². The molecule has 2 aromatic carbocycles. The number of carbonyl (C=O) groups is 2. The molecule has 0 radical (unpaired) electrons. The van der Waals surface area contributed by atoms with Gasteiger partial charge in [-0.05, 0) is 68.7 Å². The first kappa shape index (κ1) is 19.2. The second-order valence-electron chi connectivity index (χ2n) is 6.63. The number of nitrogens with zero attached hydrogens (tertiary/aromatic N) is 1. The average molecular weight is 387 g/mol. The third-order valence-corrected chi connectivity index (χ3v) is 4.80. The van der Waals surface area contributed by atoms with Crippen molar-refractivity contribution in [3.63, 3.8) is 0 Å². The maximum atomic E-state index is 12.4. The number of anilines is 2. The summed E-state index contributed by atoms with van der Waals surface area (Å²) in [7, 11) is 0. The first-order chi connectivity index (χ1) is 13.0. The van der Waals surface area contributed by atoms with Crippen LogP contribution in [0.15, 0.2) is 42.5 Å². The van der Waals surface area contributed by atoms with E-state index in [0.29, 0.717) is 22.0 Å². The third kappa shape index (κ3) is 5.23. The molecular formula is C21H23ClN2O3. The maximum absolute atomic E-state index is 12.4. The van der Waals surface area contributed by atoms with Crippen LogP contribution in [0.1, 0.15) is 36.5 Å². The molecule has 0 unspecified atom stereocenters. The normalized spacial score (nSPS) is 13.9. The molecule has 6 heteroatoms. The van der Waals surface area contributed by atoms with Gasteiger partial charge >= 0.3 is 0 Å². The van der Waals surface area contributed by atoms with Crippen molar-refractivity contribution in [3.05, 3.63) is 53.1 Å². The molecule has 0 aromatic heterocycles. The zero-order chi connectivity index (χ0) is 19.2. The predicted molar refractivity (Wildman–Crippen MR) is 108 cm³/mol. The van der Waals surface area contributed by atoms with Crippen molar-refractivity contribution < 1.29 is 14.3 Å². The first-order valence-corrected chi connectivity index (χ1v) is 9.49. The van der Waals surface area contributed by atoms with E-state index in [-0.39, 0.29) is 18.3 Å². The highest BCUT2D eigenvalue weighted by atomic mass is 35.5. The highest BCUT2D eigenvalue weighted by Crippen LogP contribution is 2.31. The summed E-state index contributed by atoms with van der Waals surface area (Å²) in [5.74, 6) is 0.272. The molecule has 5 nitrogen and oxygen atoms in total. The van der Waals surface area contributed by atoms with Gasteiger partial charge in [0.05, 0.1) is 11.4 Å². The number of carbonyl (C=O) groups excluding carboxylic acids is 2. The summed E-state index contributed by atoms with van der Waals surface area (Å²) in [4.78, 5) is 25.9. The van der Waals surface area contributed by atoms with E-state index in [4.69, 9.17) is 16.3 Å². The van der Waals surface area contributed by atoms with E-state index in [9.17, 15) is 9.59 Å². The summed E-state index contributed by atoms with van der Waals surface area (Å²) >= 11 is 6.12. The molecule has 142 valence electrons. The Bertz CT molecular complexity index is 815. The molecule has 3 rings (SSSR count). The van der Waals surface area contributed by atoms with Crippen LogP contribution in [-0.4, -0.2) is 31.4 Å². The second kappa shape index (κ2) is 8.91. The number of Topliss-reactive ketones (excluding diaryl/α,β-unsaturated/α-hetero) is 1. The Morgan fingerprint density at radius 1 is 1.07 bits per heavy atom. The van der Waals surface area contributed by atoms with Crippen LogP contribution in [0.5, 0.6) is 5.75 Å². The lowest BCUT2D eigenvalue weighted by Gasteiger charge is -2.30. The predicted octanol–water partition coefficient (Wildman–Crippen LogP) is 4.55. The quantitative estimate of drug-likeness (QED) is 0.740. The third-order valence-electron chi connectivity index (χ3n) is 4.56. The van der Waals surface area contributed by atoms with Gasteiger partial charge in [-0.15, -0.1) is 0 Å². The number of amides is 1. The molecule has 1 saturated heterocycles. The molecule has 1 fully saturated rings. The first-order valence-electron chi connectivity index (χ1n) is 9.11. The fourth-order valence-corrected chi connectivity index (χ4v) is 3.31. The van der Waals surface area contributed by atoms with E-state index in [1.54, 1.807) is 30.3 Å². The summed E-state index contributed by atoms with van der Waals surface area (Å²) in [5.41, 5.74) is 2.29. The minimum absolute atomic E-state index is 0.00880. The number of piperidine rings is 1. The van der Waals surface area contributed by atoms with Crippen LogP contribution in [0.4, 0.5) is 11.4 Å². The Labute approximate surface area is 164 Å². The molecule has 1 aliphatic heterocycles. The van der Waals surface area contributed by atoms with Gasteiger partial charge in [-0.1, -0.05) is 11.6 Å². The Morgan fingerprint density at radius 2 is 1.78 bits per heavy atom. The van der Waals surface area contributed by atoms with Crippen molar-refractivity contribution in [1.82, 2.24) is 0 Å². The number of halogens is 1. The van der Waals surface area contributed by atoms with Gasteiger partial charge in [0, 0.05) is 23.7 Å². The maximum Gasteiger partial charge on any atom is 0.262 e. The molecule has 1 amide bonds. The van der Waals surface area contributed by atoms with Crippen LogP contribution >= 0.6 is 11.6 Å². The van der Waals surface area contributed by atoms with Crippen LogP contribution in [0.2, 0.25) is 5.02 Å². The number of benzene rings is 2. The lowest BCUT2D eigenvalue weighted by Crippen LogP contribution is -2.31. The Kier molecular flexibility index (Phi) is 6.35. The summed E-state index contributed by atoms with van der Waals surface area (Å²) in [6.45, 7) is 3.34. The number of rotatable bonds is 6. The van der Waals surface area contributed by atoms with Crippen molar-refractivity contribution in [2.75, 3.05) is 29.9 Å². The van der Waals surface area contributed by atoms with Crippen molar-refractivity contribution in [2.45, 2.75) is 26.2 Å². The zero-order valence-electron chi connectivity index (χ0n) is 15.3. The van der Waals surface area contributed by atoms with Gasteiger partial charge in [0.2, 0.25) is 0 Å². The second-order valence-corrected chi connectivity index (χ2v) is 7.06. The SMILES string of the molecule is CC(=O)c1ccc(OCC(=O)Nc2cc(Cl)ccc2N2CCCCC2)cc1. The number of ketones is 1. The van der Waals surface area contributed by atoms with Crippen LogP contribution in [-0.2, 0) is 4.79 Å². The monoisotopic (exact) mass is 386 g/mol. The van der Waals surface area contributed by atoms with Crippen molar-refractivity contribution >= 4 is 34.7 Å². The Morgan fingerprint density at radius 3 is 2.44 bits per heavy atom. The molecule has 0 aliphatic carbocycles. The summed E-state index contributed by atoms with van der Waals surface area (Å²) in [5, 5.41) is 3.48. The number of hydrogen-bond acceptors (Lipinski definition) is 4. The zero-order valence-corrected chi connectivity index (χ0v) is 16.1. The lowest BCUT2D eigenvalue weighted by molar-refractivity contribution is -0.118. The summed E-state index contributed by atoms with van der Waals surface area (Å²) < 4.78 is 5.52. The van der Waals surface area contributed by atoms with E-state index < -0.39 is 0 Å². The van der Waals surface area contributed by atoms with Crippen LogP contribution in [0.3, 0.4) is 0 Å². The Hall–Kier alpha value is -2.53. The number of hydrogen-bond donors (Lipinski definition) is 1. The molecular weight excluding hydrogens is 364 g/mol. The number of ether oxygens (including phenoxy) is 1. The molecule has 1 aliphatic rings. The van der Waals surface area contributed by atoms with E-state index in [1.807, 2.05) is 12.1 Å². The minimum atomic E-state index is -0.258. The van der Waals surface area contributed by atoms with E-state index in [0.717, 1.165) is 31.6 Å². The van der Waals surface area contributed by atoms with Crippen molar-refractivity contribution in [3.8, 4) is 5.75 Å². The van der Waals surface area contributed by atoms with Gasteiger partial charge < -0.3 is 15.0 Å². The fourth-order valence-electron chi connectivity index (χ4n) is 3.14. The average Bonchev–Trinajstić information content (AvgIpc) is 2.67. The highest BCUT2D eigenvalue weighted by molar-refractivity contribution is 6.31. The lowest BCUT2D eigenvalue weighted by atomic mass is 10.1. The van der Waals surface area contributed by atoms with Gasteiger partial charge in [0.1, 0.15) is 5.75 Å². The molecule has 27 heavy (non-hydrogen) atoms. The molecule has 2 aromatic rings. The highest BCUT2D eigenvalue weighted by Gasteiger charge is 2.16. The van der Waals surface area contributed by atoms with Gasteiger partial charge in [-0.25, -0.2) is 0 Å². The topological polar surface area (TPSA) is 58.6 Å². The fraction of sp³-hybridized carbons (Fsp3) is 0.333. The van der Waals surface area contributed by atoms with E-state index >= 15 is 0 Å². The molecule has 1 N–H and O–H groups in total. The molecule has 0 spiro atoms. The molecule has 0 bridgehead atoms. The summed E-state index contributed by atoms with van der Waals surface area (Å²) in [6, 6.07) is 12.3. The van der Waals surface area contributed by atoms with Gasteiger partial charge in [-0.3, -0.25) is 9.59 Å². The molecule has 0 atom stereocenters. The van der Waals surface area contributed by atoms with Crippen LogP contribution < -0.4 is 15.0 Å². The number of nitrogens with one attached hydrogen (secondary N) is 1. The smallest absolute Gasteiger partial charge is 0.262 e. The molecule has 1 heterocycles. The van der Waals surface area contributed by atoms with Crippen LogP contribution in [0.25, 0.3) is 0 Å². The Balaban J connectivity index is 1.63. The van der Waals surface area contributed by atoms with Crippen LogP contribution in [0, 0.1) is 0 Å². The standard InChI is InChI=1S/C21H23ClN2O3/c1-15(25)16-5-8-18(9-6-16)27-14-21(26)23-19-13-17(22)7-10-20(19)24-11-3-2-4-12-24/h5-10,13H,2-4,11-12,14H2,1H3,(H,23,26). The van der Waals surface area contributed by atoms with E-state index in [1.165, 1.54) is 13.3 Å². The van der Waals surface area contributed by atoms with Crippen molar-refractivity contribution in [1.29, 1.82) is 0 Å². The van der Waals surface area contributed by atoms with Gasteiger partial charge in [0.25, 0.3) is 5.91 Å². The largest absolute Gasteiger partial charge is 0.484 e. The minimum Gasteiger partial charge on any atom is -0.484 e. The summed E-state index contributed by atoms with van der Waals surface area (Å²) in [6.07, 6.45) is 3.53. The van der Waals surface area contributed by atoms with Gasteiger partial charge in [0.15, 0.2) is 12.4 Å². The van der Waals surface area contributed by atoms with E-state index in [2.05, 4.69) is 10.2 Å². The van der Waals surface area contributed by atoms with Crippen molar-refractivity contribution in [2.24, 2.45) is 0 Å².